The summed E-state index contributed by atoms with van der Waals surface area (Å²) in [4.78, 5) is 31.9. The maximum Gasteiger partial charge on any atom is 0.348 e. The molecule has 5 rings (SSSR count). The molecule has 11 heteroatoms. The second kappa shape index (κ2) is 11.1. The predicted octanol–water partition coefficient (Wildman–Crippen LogP) is -0.140. The predicted molar refractivity (Wildman–Crippen MR) is 137 cm³/mol. The summed E-state index contributed by atoms with van der Waals surface area (Å²) in [5.74, 6) is -1.73. The number of nitrogens with one attached hydrogen (secondary N) is 1. The van der Waals surface area contributed by atoms with E-state index in [0.717, 1.165) is 44.8 Å². The number of nitrogens with zero attached hydrogens (tertiary/aromatic N) is 4. The van der Waals surface area contributed by atoms with Crippen LogP contribution in [0.5, 0.6) is 0 Å². The van der Waals surface area contributed by atoms with Gasteiger partial charge in [-0.3, -0.25) is 14.8 Å². The molecule has 11 nitrogen and oxygen atoms in total. The quantitative estimate of drug-likeness (QED) is 0.330. The Bertz CT molecular complexity index is 1270. The van der Waals surface area contributed by atoms with Crippen molar-refractivity contribution >= 4 is 11.8 Å². The number of aliphatic hydroxyl groups is 1. The zero-order valence-electron chi connectivity index (χ0n) is 21.0. The molecule has 4 N–H and O–H groups in total. The summed E-state index contributed by atoms with van der Waals surface area (Å²) < 4.78 is 6.89. The lowest BCUT2D eigenvalue weighted by molar-refractivity contribution is -0.792. The second-order valence-corrected chi connectivity index (χ2v) is 10.2. The fourth-order valence-corrected chi connectivity index (χ4v) is 5.13. The van der Waals surface area contributed by atoms with Crippen LogP contribution in [0.4, 0.5) is 0 Å². The third kappa shape index (κ3) is 5.52. The Morgan fingerprint density at radius 3 is 2.53 bits per heavy atom. The number of hydroxylamine groups is 2. The molecule has 2 fully saturated rings. The fraction of sp³-hybridized carbons (Fsp3) is 0.407. The van der Waals surface area contributed by atoms with Crippen molar-refractivity contribution in [3.05, 3.63) is 83.0 Å². The number of rotatable bonds is 9. The lowest BCUT2D eigenvalue weighted by Gasteiger charge is -2.47. The normalized spacial score (nSPS) is 19.4. The molecule has 2 saturated heterocycles. The van der Waals surface area contributed by atoms with E-state index in [2.05, 4.69) is 15.0 Å². The number of aromatic nitrogens is 3. The monoisotopic (exact) mass is 520 g/mol. The highest BCUT2D eigenvalue weighted by Crippen LogP contribution is 2.38. The molecule has 0 saturated carbocycles. The van der Waals surface area contributed by atoms with Gasteiger partial charge in [0.05, 0.1) is 18.9 Å². The first-order valence-electron chi connectivity index (χ1n) is 12.8. The average molecular weight is 521 g/mol. The van der Waals surface area contributed by atoms with Gasteiger partial charge in [-0.05, 0) is 49.7 Å². The van der Waals surface area contributed by atoms with Crippen molar-refractivity contribution in [2.45, 2.75) is 38.0 Å². The molecule has 2 amide bonds. The van der Waals surface area contributed by atoms with Crippen LogP contribution in [0.25, 0.3) is 5.82 Å². The van der Waals surface area contributed by atoms with Crippen LogP contribution in [-0.2, 0) is 22.5 Å². The van der Waals surface area contributed by atoms with Crippen molar-refractivity contribution in [1.82, 2.24) is 19.7 Å². The Kier molecular flexibility index (Phi) is 7.63. The average Bonchev–Trinajstić information content (AvgIpc) is 3.39. The molecule has 1 spiro atoms. The molecule has 3 aromatic rings. The maximum absolute atomic E-state index is 13.4. The van der Waals surface area contributed by atoms with Gasteiger partial charge in [-0.25, -0.2) is 14.5 Å². The number of aliphatic hydroxyl groups excluding tert-OH is 1. The van der Waals surface area contributed by atoms with E-state index in [9.17, 15) is 19.9 Å². The molecule has 0 radical (unpaired) electrons. The van der Waals surface area contributed by atoms with Crippen LogP contribution in [0.2, 0.25) is 0 Å². The van der Waals surface area contributed by atoms with Gasteiger partial charge in [0.1, 0.15) is 11.6 Å². The number of hydrogen-bond donors (Lipinski definition) is 3. The van der Waals surface area contributed by atoms with Gasteiger partial charge in [0.2, 0.25) is 0 Å². The summed E-state index contributed by atoms with van der Waals surface area (Å²) in [6.07, 6.45) is 3.62. The van der Waals surface area contributed by atoms with Gasteiger partial charge in [-0.1, -0.05) is 30.3 Å². The molecular weight excluding hydrogens is 488 g/mol. The van der Waals surface area contributed by atoms with E-state index in [1.807, 2.05) is 6.07 Å². The largest absolute Gasteiger partial charge is 0.626 e. The van der Waals surface area contributed by atoms with Gasteiger partial charge in [0.15, 0.2) is 11.9 Å². The number of amides is 2. The Hall–Kier alpha value is -3.48. The summed E-state index contributed by atoms with van der Waals surface area (Å²) in [7, 11) is 0. The van der Waals surface area contributed by atoms with Gasteiger partial charge in [0.25, 0.3) is 5.91 Å². The van der Waals surface area contributed by atoms with Crippen LogP contribution < -0.4 is 10.8 Å². The van der Waals surface area contributed by atoms with Gasteiger partial charge < -0.3 is 20.8 Å². The molecule has 3 atom stereocenters. The molecular formula is C27H32N6O5. The van der Waals surface area contributed by atoms with E-state index in [1.165, 1.54) is 16.9 Å². The first kappa shape index (κ1) is 26.1. The first-order valence-corrected chi connectivity index (χ1v) is 12.8. The molecule has 4 heterocycles. The van der Waals surface area contributed by atoms with Gasteiger partial charge in [0, 0.05) is 30.8 Å². The lowest BCUT2D eigenvalue weighted by atomic mass is 9.77. The van der Waals surface area contributed by atoms with Crippen molar-refractivity contribution < 1.29 is 24.5 Å². The Morgan fingerprint density at radius 2 is 1.87 bits per heavy atom. The van der Waals surface area contributed by atoms with Crippen molar-refractivity contribution in [3.63, 3.8) is 0 Å². The summed E-state index contributed by atoms with van der Waals surface area (Å²) in [6.45, 7) is 4.33. The van der Waals surface area contributed by atoms with E-state index in [1.54, 1.807) is 42.6 Å². The highest BCUT2D eigenvalue weighted by molar-refractivity contribution is 5.91. The zero-order chi connectivity index (χ0) is 26.7. The molecule has 1 aromatic carbocycles. The SMILES string of the molecule is NC(=O)C(O)C(Cc1ccccc1)[NH+]([O-])C(=O)c1cccnc1-n1ccc(CN2CCC3(CC2)COC3)n1. The topological polar surface area (TPSA) is 151 Å². The number of primary amides is 1. The second-order valence-electron chi connectivity index (χ2n) is 10.2. The molecule has 2 aliphatic rings. The van der Waals surface area contributed by atoms with E-state index >= 15 is 0 Å². The molecule has 2 aliphatic heterocycles. The number of nitrogens with two attached hydrogens (primary N) is 1. The third-order valence-corrected chi connectivity index (χ3v) is 7.54. The van der Waals surface area contributed by atoms with Crippen molar-refractivity contribution in [2.75, 3.05) is 26.3 Å². The maximum atomic E-state index is 13.4. The van der Waals surface area contributed by atoms with E-state index < -0.39 is 29.0 Å². The molecule has 0 bridgehead atoms. The fourth-order valence-electron chi connectivity index (χ4n) is 5.13. The number of benzene rings is 1. The summed E-state index contributed by atoms with van der Waals surface area (Å²) >= 11 is 0. The van der Waals surface area contributed by atoms with Crippen LogP contribution in [0, 0.1) is 10.6 Å². The van der Waals surface area contributed by atoms with Crippen LogP contribution in [0.15, 0.2) is 60.9 Å². The lowest BCUT2D eigenvalue weighted by Crippen LogP contribution is -3.16. The smallest absolute Gasteiger partial charge is 0.348 e. The summed E-state index contributed by atoms with van der Waals surface area (Å²) in [5.41, 5.74) is 7.21. The zero-order valence-corrected chi connectivity index (χ0v) is 21.0. The highest BCUT2D eigenvalue weighted by atomic mass is 16.5. The van der Waals surface area contributed by atoms with Crippen LogP contribution >= 0.6 is 0 Å². The van der Waals surface area contributed by atoms with Crippen molar-refractivity contribution in [2.24, 2.45) is 11.1 Å². The number of pyridine rings is 1. The molecule has 3 unspecified atom stereocenters. The Morgan fingerprint density at radius 1 is 1.13 bits per heavy atom. The minimum Gasteiger partial charge on any atom is -0.626 e. The summed E-state index contributed by atoms with van der Waals surface area (Å²) in [6, 6.07) is 12.4. The standard InChI is InChI=1S/C27H32N6O5/c28-24(35)23(34)22(15-19-5-2-1-3-6-19)33(37)26(36)21-7-4-11-29-25(21)32-12-8-20(30-32)16-31-13-9-27(10-14-31)17-38-18-27/h1-8,11-12,22-23,33-34H,9-10,13-18H2,(H2,28,35). The number of hydrogen-bond acceptors (Lipinski definition) is 8. The van der Waals surface area contributed by atoms with Crippen LogP contribution in [0.3, 0.4) is 0 Å². The van der Waals surface area contributed by atoms with Gasteiger partial charge in [-0.15, -0.1) is 0 Å². The van der Waals surface area contributed by atoms with E-state index in [0.29, 0.717) is 17.5 Å². The minimum absolute atomic E-state index is 0.0136. The number of carbonyl (C=O) groups is 2. The number of ether oxygens (including phenoxy) is 1. The third-order valence-electron chi connectivity index (χ3n) is 7.54. The number of carbonyl (C=O) groups excluding carboxylic acids is 2. The number of likely N-dealkylation sites (tertiary alicyclic amines) is 1. The van der Waals surface area contributed by atoms with Crippen molar-refractivity contribution in [1.29, 1.82) is 0 Å². The molecule has 200 valence electrons. The van der Waals surface area contributed by atoms with Crippen LogP contribution in [0.1, 0.15) is 34.5 Å². The Balaban J connectivity index is 1.32. The highest BCUT2D eigenvalue weighted by Gasteiger charge is 2.41. The van der Waals surface area contributed by atoms with Crippen LogP contribution in [-0.4, -0.2) is 75.0 Å². The van der Waals surface area contributed by atoms with Gasteiger partial charge >= 0.3 is 5.91 Å². The van der Waals surface area contributed by atoms with Gasteiger partial charge in [-0.2, -0.15) is 5.10 Å². The minimum atomic E-state index is -1.81. The van der Waals surface area contributed by atoms with E-state index in [-0.39, 0.29) is 17.8 Å². The number of quaternary nitrogens is 1. The van der Waals surface area contributed by atoms with Crippen molar-refractivity contribution in [3.8, 4) is 5.82 Å². The molecule has 38 heavy (non-hydrogen) atoms. The Labute approximate surface area is 220 Å². The first-order chi connectivity index (χ1) is 18.3. The number of piperidine rings is 1. The van der Waals surface area contributed by atoms with E-state index in [4.69, 9.17) is 10.5 Å². The summed E-state index contributed by atoms with van der Waals surface area (Å²) in [5, 5.41) is 27.5. The molecule has 2 aromatic heterocycles. The molecule has 0 aliphatic carbocycles.